The highest BCUT2D eigenvalue weighted by Crippen LogP contribution is 2.54. The Morgan fingerprint density at radius 1 is 1.21 bits per heavy atom. The standard InChI is InChI=1S/C24H20N2O7S/c1-30-15-10-14(21(31-2)23-22(15)32-12-33-23)18-17(19(27)16-4-3-9-34-16)20(28)24(29)26(18)11-13-5-7-25-8-6-13/h3-10,18,28H,11-12H2,1-2H3/t18-/m0/s1. The fourth-order valence-electron chi connectivity index (χ4n) is 4.20. The van der Waals surface area contributed by atoms with Crippen LogP contribution >= 0.6 is 11.3 Å². The molecule has 174 valence electrons. The maximum Gasteiger partial charge on any atom is 0.290 e. The van der Waals surface area contributed by atoms with Crippen LogP contribution in [-0.2, 0) is 11.3 Å². The van der Waals surface area contributed by atoms with Crippen LogP contribution in [0, 0.1) is 0 Å². The summed E-state index contributed by atoms with van der Waals surface area (Å²) >= 11 is 1.23. The van der Waals surface area contributed by atoms with Gasteiger partial charge in [0.25, 0.3) is 5.91 Å². The molecule has 0 aliphatic carbocycles. The summed E-state index contributed by atoms with van der Waals surface area (Å²) in [6, 6.07) is 7.59. The number of carbonyl (C=O) groups is 2. The first-order valence-electron chi connectivity index (χ1n) is 10.3. The number of methoxy groups -OCH3 is 2. The molecule has 0 bridgehead atoms. The Bertz CT molecular complexity index is 1290. The third-order valence-electron chi connectivity index (χ3n) is 5.71. The maximum atomic E-state index is 13.5. The van der Waals surface area contributed by atoms with Crippen LogP contribution in [0.5, 0.6) is 23.0 Å². The number of aromatic nitrogens is 1. The third kappa shape index (κ3) is 3.43. The summed E-state index contributed by atoms with van der Waals surface area (Å²) in [5, 5.41) is 12.7. The normalized spacial score (nSPS) is 16.8. The lowest BCUT2D eigenvalue weighted by molar-refractivity contribution is -0.130. The molecule has 0 unspecified atom stereocenters. The average molecular weight is 480 g/mol. The summed E-state index contributed by atoms with van der Waals surface area (Å²) in [5.41, 5.74) is 1.16. The van der Waals surface area contributed by atoms with E-state index in [-0.39, 0.29) is 24.7 Å². The van der Waals surface area contributed by atoms with Crippen molar-refractivity contribution in [3.05, 3.63) is 75.4 Å². The fourth-order valence-corrected chi connectivity index (χ4v) is 4.87. The van der Waals surface area contributed by atoms with E-state index in [0.29, 0.717) is 27.7 Å². The van der Waals surface area contributed by atoms with Crippen molar-refractivity contribution in [2.45, 2.75) is 12.6 Å². The number of aliphatic hydroxyl groups is 1. The summed E-state index contributed by atoms with van der Waals surface area (Å²) in [4.78, 5) is 32.6. The minimum Gasteiger partial charge on any atom is -0.503 e. The summed E-state index contributed by atoms with van der Waals surface area (Å²) in [6.07, 6.45) is 3.22. The first-order valence-corrected chi connectivity index (χ1v) is 11.2. The first kappa shape index (κ1) is 21.8. The van der Waals surface area contributed by atoms with Gasteiger partial charge in [0.05, 0.1) is 30.7 Å². The van der Waals surface area contributed by atoms with Crippen molar-refractivity contribution in [3.8, 4) is 23.0 Å². The van der Waals surface area contributed by atoms with Gasteiger partial charge in [-0.15, -0.1) is 11.3 Å². The van der Waals surface area contributed by atoms with Gasteiger partial charge in [0.15, 0.2) is 17.3 Å². The lowest BCUT2D eigenvalue weighted by Gasteiger charge is -2.28. The molecule has 1 aromatic carbocycles. The first-order chi connectivity index (χ1) is 16.5. The number of carbonyl (C=O) groups excluding carboxylic acids is 2. The zero-order chi connectivity index (χ0) is 23.8. The molecule has 10 heteroatoms. The van der Waals surface area contributed by atoms with Gasteiger partial charge >= 0.3 is 0 Å². The van der Waals surface area contributed by atoms with E-state index < -0.39 is 23.5 Å². The van der Waals surface area contributed by atoms with Gasteiger partial charge < -0.3 is 29.0 Å². The van der Waals surface area contributed by atoms with Gasteiger partial charge in [-0.2, -0.15) is 0 Å². The van der Waals surface area contributed by atoms with Gasteiger partial charge in [-0.1, -0.05) is 6.07 Å². The van der Waals surface area contributed by atoms with Crippen LogP contribution in [0.4, 0.5) is 0 Å². The minimum absolute atomic E-state index is 0.0299. The number of nitrogens with zero attached hydrogens (tertiary/aromatic N) is 2. The lowest BCUT2D eigenvalue weighted by Crippen LogP contribution is -2.31. The highest BCUT2D eigenvalue weighted by Gasteiger charge is 2.46. The molecule has 1 N–H and O–H groups in total. The molecule has 0 fully saturated rings. The SMILES string of the molecule is COc1cc([C@H]2C(C(=O)c3cccs3)=C(O)C(=O)N2Cc2ccncc2)c(OC)c2c1OCO2. The number of aliphatic hydroxyl groups excluding tert-OH is 1. The smallest absolute Gasteiger partial charge is 0.290 e. The van der Waals surface area contributed by atoms with Gasteiger partial charge in [0, 0.05) is 24.5 Å². The zero-order valence-electron chi connectivity index (χ0n) is 18.3. The molecular weight excluding hydrogens is 460 g/mol. The lowest BCUT2D eigenvalue weighted by atomic mass is 9.93. The Kier molecular flexibility index (Phi) is 5.58. The summed E-state index contributed by atoms with van der Waals surface area (Å²) in [5.74, 6) is -0.390. The van der Waals surface area contributed by atoms with Gasteiger partial charge in [-0.05, 0) is 35.2 Å². The Labute approximate surface area is 198 Å². The number of rotatable bonds is 7. The molecule has 34 heavy (non-hydrogen) atoms. The number of hydrogen-bond acceptors (Lipinski definition) is 9. The number of amides is 1. The molecule has 2 aliphatic heterocycles. The topological polar surface area (TPSA) is 107 Å². The molecule has 2 aromatic heterocycles. The number of fused-ring (bicyclic) bond motifs is 1. The van der Waals surface area contributed by atoms with Gasteiger partial charge in [-0.25, -0.2) is 0 Å². The fraction of sp³-hybridized carbons (Fsp3) is 0.208. The van der Waals surface area contributed by atoms with Crippen molar-refractivity contribution in [2.75, 3.05) is 21.0 Å². The van der Waals surface area contributed by atoms with Crippen molar-refractivity contribution in [3.63, 3.8) is 0 Å². The molecule has 1 amide bonds. The predicted molar refractivity (Wildman–Crippen MR) is 122 cm³/mol. The molecular formula is C24H20N2O7S. The van der Waals surface area contributed by atoms with Crippen LogP contribution in [-0.4, -0.2) is 47.7 Å². The van der Waals surface area contributed by atoms with Gasteiger partial charge in [-0.3, -0.25) is 14.6 Å². The van der Waals surface area contributed by atoms with Crippen molar-refractivity contribution in [1.82, 2.24) is 9.88 Å². The Balaban J connectivity index is 1.71. The molecule has 4 heterocycles. The van der Waals surface area contributed by atoms with E-state index in [1.54, 1.807) is 48.1 Å². The second-order valence-electron chi connectivity index (χ2n) is 7.53. The largest absolute Gasteiger partial charge is 0.503 e. The van der Waals surface area contributed by atoms with Crippen LogP contribution in [0.15, 0.2) is 59.4 Å². The predicted octanol–water partition coefficient (Wildman–Crippen LogP) is 3.67. The number of hydrogen-bond donors (Lipinski definition) is 1. The van der Waals surface area contributed by atoms with Crippen molar-refractivity contribution in [2.24, 2.45) is 0 Å². The Morgan fingerprint density at radius 3 is 2.65 bits per heavy atom. The zero-order valence-corrected chi connectivity index (χ0v) is 19.1. The summed E-state index contributed by atoms with van der Waals surface area (Å²) < 4.78 is 22.3. The van der Waals surface area contributed by atoms with Crippen molar-refractivity contribution in [1.29, 1.82) is 0 Å². The second-order valence-corrected chi connectivity index (χ2v) is 8.47. The number of Topliss-reactive ketones (excluding diaryl/α,β-unsaturated/α-hetero) is 1. The highest BCUT2D eigenvalue weighted by atomic mass is 32.1. The average Bonchev–Trinajstić information content (AvgIpc) is 3.61. The Morgan fingerprint density at radius 2 is 1.97 bits per heavy atom. The number of ether oxygens (including phenoxy) is 4. The molecule has 0 saturated carbocycles. The van der Waals surface area contributed by atoms with Crippen LogP contribution in [0.25, 0.3) is 0 Å². The number of ketones is 1. The molecule has 0 saturated heterocycles. The monoisotopic (exact) mass is 480 g/mol. The quantitative estimate of drug-likeness (QED) is 0.511. The maximum absolute atomic E-state index is 13.5. The molecule has 2 aliphatic rings. The number of thiophene rings is 1. The van der Waals surface area contributed by atoms with Gasteiger partial charge in [0.1, 0.15) is 0 Å². The Hall–Kier alpha value is -4.05. The van der Waals surface area contributed by atoms with E-state index in [2.05, 4.69) is 4.98 Å². The number of pyridine rings is 1. The summed E-state index contributed by atoms with van der Waals surface area (Å²) in [7, 11) is 2.94. The van der Waals surface area contributed by atoms with Gasteiger partial charge in [0.2, 0.25) is 24.1 Å². The van der Waals surface area contributed by atoms with Crippen LogP contribution in [0.3, 0.4) is 0 Å². The van der Waals surface area contributed by atoms with E-state index in [1.807, 2.05) is 0 Å². The summed E-state index contributed by atoms with van der Waals surface area (Å²) in [6.45, 7) is 0.0924. The minimum atomic E-state index is -0.964. The van der Waals surface area contributed by atoms with E-state index >= 15 is 0 Å². The molecule has 0 radical (unpaired) electrons. The molecule has 3 aromatic rings. The van der Waals surface area contributed by atoms with Crippen LogP contribution in [0.1, 0.15) is 26.8 Å². The van der Waals surface area contributed by atoms with E-state index in [9.17, 15) is 14.7 Å². The van der Waals surface area contributed by atoms with Crippen LogP contribution in [0.2, 0.25) is 0 Å². The van der Waals surface area contributed by atoms with E-state index in [4.69, 9.17) is 18.9 Å². The van der Waals surface area contributed by atoms with E-state index in [0.717, 1.165) is 5.56 Å². The van der Waals surface area contributed by atoms with Crippen LogP contribution < -0.4 is 18.9 Å². The van der Waals surface area contributed by atoms with E-state index in [1.165, 1.54) is 30.5 Å². The molecule has 0 spiro atoms. The molecule has 1 atom stereocenters. The second kappa shape index (κ2) is 8.71. The number of benzene rings is 1. The van der Waals surface area contributed by atoms with Crippen molar-refractivity contribution < 1.29 is 33.6 Å². The molecule has 5 rings (SSSR count). The highest BCUT2D eigenvalue weighted by molar-refractivity contribution is 7.12. The van der Waals surface area contributed by atoms with Crippen molar-refractivity contribution >= 4 is 23.0 Å². The third-order valence-corrected chi connectivity index (χ3v) is 6.57. The molecule has 9 nitrogen and oxygen atoms in total.